The Balaban J connectivity index is 1.84. The first-order chi connectivity index (χ1) is 15.5. The average Bonchev–Trinajstić information content (AvgIpc) is 2.78. The minimum absolute atomic E-state index is 0.123. The van der Waals surface area contributed by atoms with Gasteiger partial charge in [0.25, 0.3) is 0 Å². The number of benzene rings is 3. The first kappa shape index (κ1) is 21.8. The molecule has 2 amide bonds. The van der Waals surface area contributed by atoms with E-state index in [0.717, 1.165) is 36.8 Å². The molecule has 3 aromatic rings. The number of aryl methyl sites for hydroxylation is 4. The van der Waals surface area contributed by atoms with Crippen LogP contribution in [0.2, 0.25) is 0 Å². The van der Waals surface area contributed by atoms with Crippen molar-refractivity contribution >= 4 is 11.8 Å². The van der Waals surface area contributed by atoms with Gasteiger partial charge in [0, 0.05) is 13.8 Å². The van der Waals surface area contributed by atoms with Gasteiger partial charge in [-0.1, -0.05) is 72.8 Å². The van der Waals surface area contributed by atoms with Crippen molar-refractivity contribution in [2.75, 3.05) is 0 Å². The molecule has 0 heterocycles. The molecular weight excluding hydrogens is 396 g/mol. The van der Waals surface area contributed by atoms with Crippen LogP contribution in [0.15, 0.2) is 72.8 Å². The number of amides is 2. The molecule has 1 aliphatic rings. The predicted molar refractivity (Wildman–Crippen MR) is 127 cm³/mol. The van der Waals surface area contributed by atoms with Gasteiger partial charge >= 0.3 is 0 Å². The zero-order valence-electron chi connectivity index (χ0n) is 18.7. The van der Waals surface area contributed by atoms with Crippen molar-refractivity contribution in [2.24, 2.45) is 0 Å². The molecule has 0 radical (unpaired) electrons. The maximum Gasteiger partial charge on any atom is 0.217 e. The van der Waals surface area contributed by atoms with Crippen LogP contribution in [0.25, 0.3) is 0 Å². The molecule has 3 aromatic carbocycles. The van der Waals surface area contributed by atoms with E-state index in [2.05, 4.69) is 59.2 Å². The summed E-state index contributed by atoms with van der Waals surface area (Å²) in [5.41, 5.74) is 7.21. The van der Waals surface area contributed by atoms with Crippen LogP contribution in [0.3, 0.4) is 0 Å². The summed E-state index contributed by atoms with van der Waals surface area (Å²) in [6, 6.07) is 24.7. The lowest BCUT2D eigenvalue weighted by molar-refractivity contribution is -0.122. The summed E-state index contributed by atoms with van der Waals surface area (Å²) >= 11 is 0. The second-order valence-electron chi connectivity index (χ2n) is 8.62. The number of nitrogens with one attached hydrogen (secondary N) is 2. The molecule has 4 rings (SSSR count). The van der Waals surface area contributed by atoms with E-state index in [1.54, 1.807) is 0 Å². The minimum atomic E-state index is -0.359. The van der Waals surface area contributed by atoms with E-state index in [0.29, 0.717) is 0 Å². The molecule has 32 heavy (non-hydrogen) atoms. The van der Waals surface area contributed by atoms with Crippen molar-refractivity contribution < 1.29 is 9.59 Å². The summed E-state index contributed by atoms with van der Waals surface area (Å²) in [5, 5.41) is 6.19. The van der Waals surface area contributed by atoms with Gasteiger partial charge in [-0.25, -0.2) is 0 Å². The Labute approximate surface area is 190 Å². The highest BCUT2D eigenvalue weighted by molar-refractivity contribution is 5.75. The first-order valence-electron chi connectivity index (χ1n) is 11.3. The SMILES string of the molecule is CC(=O)N[C@@H]1c2cccc(c2)CCc2ccccc2CCc2cccc(c2)[C@@H]1NC(C)=O. The smallest absolute Gasteiger partial charge is 0.217 e. The maximum atomic E-state index is 12.2. The Morgan fingerprint density at radius 1 is 0.625 bits per heavy atom. The molecule has 0 aliphatic heterocycles. The summed E-state index contributed by atoms with van der Waals surface area (Å²) in [5.74, 6) is -0.246. The van der Waals surface area contributed by atoms with Crippen molar-refractivity contribution in [3.05, 3.63) is 106 Å². The fraction of sp³-hybridized carbons (Fsp3) is 0.286. The Bertz CT molecular complexity index is 1030. The topological polar surface area (TPSA) is 58.2 Å². The molecule has 0 spiro atoms. The quantitative estimate of drug-likeness (QED) is 0.628. The van der Waals surface area contributed by atoms with Crippen molar-refractivity contribution in [1.29, 1.82) is 0 Å². The molecule has 2 N–H and O–H groups in total. The molecule has 0 saturated heterocycles. The van der Waals surface area contributed by atoms with Crippen LogP contribution in [-0.2, 0) is 35.3 Å². The van der Waals surface area contributed by atoms with E-state index in [1.807, 2.05) is 24.3 Å². The van der Waals surface area contributed by atoms with Crippen LogP contribution < -0.4 is 10.6 Å². The van der Waals surface area contributed by atoms with Crippen LogP contribution in [0.5, 0.6) is 0 Å². The third kappa shape index (κ3) is 5.25. The highest BCUT2D eigenvalue weighted by Crippen LogP contribution is 2.31. The van der Waals surface area contributed by atoms with Crippen LogP contribution in [0.1, 0.15) is 59.3 Å². The number of rotatable bonds is 2. The van der Waals surface area contributed by atoms with E-state index in [4.69, 9.17) is 0 Å². The van der Waals surface area contributed by atoms with Crippen LogP contribution in [0, 0.1) is 0 Å². The molecule has 0 unspecified atom stereocenters. The number of fused-ring (bicyclic) bond motifs is 5. The Morgan fingerprint density at radius 2 is 1.06 bits per heavy atom. The molecule has 4 nitrogen and oxygen atoms in total. The minimum Gasteiger partial charge on any atom is -0.347 e. The maximum absolute atomic E-state index is 12.2. The molecular formula is C28H30N2O2. The lowest BCUT2D eigenvalue weighted by atomic mass is 9.88. The molecule has 1 aliphatic carbocycles. The number of hydrogen-bond acceptors (Lipinski definition) is 2. The third-order valence-corrected chi connectivity index (χ3v) is 6.16. The molecule has 0 fully saturated rings. The third-order valence-electron chi connectivity index (χ3n) is 6.16. The Morgan fingerprint density at radius 3 is 1.47 bits per heavy atom. The van der Waals surface area contributed by atoms with Crippen LogP contribution >= 0.6 is 0 Å². The van der Waals surface area contributed by atoms with Gasteiger partial charge in [0.1, 0.15) is 0 Å². The predicted octanol–water partition coefficient (Wildman–Crippen LogP) is 4.63. The summed E-state index contributed by atoms with van der Waals surface area (Å²) in [7, 11) is 0. The molecule has 4 heteroatoms. The number of hydrogen-bond donors (Lipinski definition) is 2. The number of carbonyl (C=O) groups is 2. The van der Waals surface area contributed by atoms with Crippen molar-refractivity contribution in [1.82, 2.24) is 10.6 Å². The molecule has 4 bridgehead atoms. The van der Waals surface area contributed by atoms with Gasteiger partial charge in [0.2, 0.25) is 11.8 Å². The summed E-state index contributed by atoms with van der Waals surface area (Å²) < 4.78 is 0. The van der Waals surface area contributed by atoms with Gasteiger partial charge in [-0.05, 0) is 59.1 Å². The second-order valence-corrected chi connectivity index (χ2v) is 8.62. The molecule has 164 valence electrons. The fourth-order valence-corrected chi connectivity index (χ4v) is 4.64. The van der Waals surface area contributed by atoms with Gasteiger partial charge < -0.3 is 10.6 Å². The normalized spacial score (nSPS) is 18.1. The van der Waals surface area contributed by atoms with Gasteiger partial charge in [0.15, 0.2) is 0 Å². The van der Waals surface area contributed by atoms with Gasteiger partial charge in [-0.3, -0.25) is 9.59 Å². The summed E-state index contributed by atoms with van der Waals surface area (Å²) in [6.45, 7) is 3.04. The summed E-state index contributed by atoms with van der Waals surface area (Å²) in [4.78, 5) is 24.3. The van der Waals surface area contributed by atoms with Crippen LogP contribution in [-0.4, -0.2) is 11.8 Å². The average molecular weight is 427 g/mol. The van der Waals surface area contributed by atoms with Crippen molar-refractivity contribution in [3.8, 4) is 0 Å². The molecule has 0 saturated carbocycles. The van der Waals surface area contributed by atoms with Crippen molar-refractivity contribution in [3.63, 3.8) is 0 Å². The first-order valence-corrected chi connectivity index (χ1v) is 11.3. The van der Waals surface area contributed by atoms with Gasteiger partial charge in [-0.2, -0.15) is 0 Å². The van der Waals surface area contributed by atoms with Crippen LogP contribution in [0.4, 0.5) is 0 Å². The lowest BCUT2D eigenvalue weighted by Gasteiger charge is -2.30. The van der Waals surface area contributed by atoms with E-state index < -0.39 is 0 Å². The van der Waals surface area contributed by atoms with E-state index in [-0.39, 0.29) is 23.9 Å². The highest BCUT2D eigenvalue weighted by Gasteiger charge is 2.27. The Kier molecular flexibility index (Phi) is 6.69. The van der Waals surface area contributed by atoms with Gasteiger partial charge in [0.05, 0.1) is 12.1 Å². The fourth-order valence-electron chi connectivity index (χ4n) is 4.64. The zero-order chi connectivity index (χ0) is 22.5. The van der Waals surface area contributed by atoms with E-state index in [1.165, 1.54) is 36.1 Å². The van der Waals surface area contributed by atoms with Gasteiger partial charge in [-0.15, -0.1) is 0 Å². The second kappa shape index (κ2) is 9.82. The largest absolute Gasteiger partial charge is 0.347 e. The van der Waals surface area contributed by atoms with E-state index >= 15 is 0 Å². The Hall–Kier alpha value is -3.40. The van der Waals surface area contributed by atoms with Crippen molar-refractivity contribution in [2.45, 2.75) is 51.6 Å². The number of carbonyl (C=O) groups excluding carboxylic acids is 2. The highest BCUT2D eigenvalue weighted by atomic mass is 16.2. The lowest BCUT2D eigenvalue weighted by Crippen LogP contribution is -2.39. The zero-order valence-corrected chi connectivity index (χ0v) is 18.7. The summed E-state index contributed by atoms with van der Waals surface area (Å²) in [6.07, 6.45) is 3.79. The monoisotopic (exact) mass is 426 g/mol. The molecule has 0 aromatic heterocycles. The molecule has 2 atom stereocenters. The standard InChI is InChI=1S/C28H30N2O2/c1-19(31)29-27-25-11-5-7-21(17-25)13-15-23-9-3-4-10-24(23)16-14-22-8-6-12-26(18-22)28(27)30-20(2)32/h3-12,17-18,27-28H,13-16H2,1-2H3,(H,29,31)(H,30,32)/t27-,28+. The van der Waals surface area contributed by atoms with E-state index in [9.17, 15) is 9.59 Å².